The van der Waals surface area contributed by atoms with Crippen LogP contribution in [0.25, 0.3) is 0 Å². The van der Waals surface area contributed by atoms with Gasteiger partial charge in [0.15, 0.2) is 0 Å². The van der Waals surface area contributed by atoms with E-state index in [1.807, 2.05) is 18.8 Å². The molecule has 4 nitrogen and oxygen atoms in total. The number of likely N-dealkylation sites (N-methyl/N-ethyl adjacent to an activating group) is 2. The lowest BCUT2D eigenvalue weighted by atomic mass is 10.2. The molecule has 104 valence electrons. The highest BCUT2D eigenvalue weighted by Crippen LogP contribution is 2.32. The Labute approximate surface area is 114 Å². The molecule has 1 heterocycles. The van der Waals surface area contributed by atoms with E-state index < -0.39 is 0 Å². The van der Waals surface area contributed by atoms with Gasteiger partial charge in [0.2, 0.25) is 5.91 Å². The fourth-order valence-electron chi connectivity index (χ4n) is 2.35. The van der Waals surface area contributed by atoms with Gasteiger partial charge in [0.25, 0.3) is 0 Å². The molecule has 1 saturated heterocycles. The van der Waals surface area contributed by atoms with Crippen LogP contribution in [0.4, 0.5) is 0 Å². The van der Waals surface area contributed by atoms with Crippen molar-refractivity contribution >= 4 is 17.7 Å². The third kappa shape index (κ3) is 3.87. The lowest BCUT2D eigenvalue weighted by Gasteiger charge is -2.27. The molecule has 1 aliphatic heterocycles. The van der Waals surface area contributed by atoms with Crippen molar-refractivity contribution in [3.05, 3.63) is 0 Å². The lowest BCUT2D eigenvalue weighted by molar-refractivity contribution is -0.132. The Bertz CT molecular complexity index is 291. The Morgan fingerprint density at radius 2 is 2.11 bits per heavy atom. The van der Waals surface area contributed by atoms with Gasteiger partial charge in [-0.2, -0.15) is 11.8 Å². The molecular formula is C13H24N2O2S. The predicted octanol–water partition coefficient (Wildman–Crippen LogP) is 0.653. The van der Waals surface area contributed by atoms with Crippen molar-refractivity contribution in [2.75, 3.05) is 38.7 Å². The standard InChI is InChI=1S/C13H24N2O2S/c1-14(11-5-6-18-9-11)8-13(17)15(2)7-12(16)10-3-4-10/h10-12,16H,3-9H2,1-2H3. The Morgan fingerprint density at radius 3 is 2.67 bits per heavy atom. The maximum absolute atomic E-state index is 12.1. The van der Waals surface area contributed by atoms with Gasteiger partial charge in [-0.1, -0.05) is 0 Å². The topological polar surface area (TPSA) is 43.8 Å². The molecule has 2 atom stereocenters. The molecule has 0 aromatic heterocycles. The van der Waals surface area contributed by atoms with Crippen molar-refractivity contribution in [1.82, 2.24) is 9.80 Å². The molecule has 1 N–H and O–H groups in total. The highest BCUT2D eigenvalue weighted by atomic mass is 32.2. The first-order valence-electron chi connectivity index (χ1n) is 6.78. The predicted molar refractivity (Wildman–Crippen MR) is 74.7 cm³/mol. The molecule has 2 unspecified atom stereocenters. The second-order valence-electron chi connectivity index (χ2n) is 5.61. The molecule has 0 aromatic rings. The second-order valence-corrected chi connectivity index (χ2v) is 6.76. The van der Waals surface area contributed by atoms with Crippen molar-refractivity contribution in [1.29, 1.82) is 0 Å². The minimum Gasteiger partial charge on any atom is -0.391 e. The Kier molecular flexibility index (Phi) is 4.92. The highest BCUT2D eigenvalue weighted by Gasteiger charge is 2.31. The number of aliphatic hydroxyl groups excluding tert-OH is 1. The molecule has 1 saturated carbocycles. The van der Waals surface area contributed by atoms with Gasteiger partial charge < -0.3 is 10.0 Å². The summed E-state index contributed by atoms with van der Waals surface area (Å²) in [6.45, 7) is 0.954. The molecule has 18 heavy (non-hydrogen) atoms. The summed E-state index contributed by atoms with van der Waals surface area (Å²) < 4.78 is 0. The van der Waals surface area contributed by atoms with Crippen LogP contribution in [0.5, 0.6) is 0 Å². The molecule has 1 amide bonds. The summed E-state index contributed by atoms with van der Waals surface area (Å²) in [5.74, 6) is 2.90. The maximum Gasteiger partial charge on any atom is 0.236 e. The molecule has 1 aliphatic carbocycles. The normalized spacial score (nSPS) is 25.4. The van der Waals surface area contributed by atoms with Gasteiger partial charge in [0.1, 0.15) is 0 Å². The Morgan fingerprint density at radius 1 is 1.39 bits per heavy atom. The first-order valence-corrected chi connectivity index (χ1v) is 7.93. The van der Waals surface area contributed by atoms with E-state index >= 15 is 0 Å². The molecule has 0 radical (unpaired) electrons. The van der Waals surface area contributed by atoms with E-state index in [-0.39, 0.29) is 12.0 Å². The third-order valence-corrected chi connectivity index (χ3v) is 5.11. The van der Waals surface area contributed by atoms with Crippen LogP contribution in [0.1, 0.15) is 19.3 Å². The first-order chi connectivity index (χ1) is 8.58. The zero-order valence-electron chi connectivity index (χ0n) is 11.3. The summed E-state index contributed by atoms with van der Waals surface area (Å²) in [5.41, 5.74) is 0. The van der Waals surface area contributed by atoms with Crippen LogP contribution in [-0.2, 0) is 4.79 Å². The molecule has 5 heteroatoms. The van der Waals surface area contributed by atoms with Gasteiger partial charge in [-0.05, 0) is 38.0 Å². The Hall–Kier alpha value is -0.260. The van der Waals surface area contributed by atoms with Crippen LogP contribution in [-0.4, -0.2) is 71.6 Å². The van der Waals surface area contributed by atoms with E-state index in [2.05, 4.69) is 4.90 Å². The lowest BCUT2D eigenvalue weighted by Crippen LogP contribution is -2.43. The summed E-state index contributed by atoms with van der Waals surface area (Å²) in [5, 5.41) is 9.84. The second kappa shape index (κ2) is 6.26. The molecular weight excluding hydrogens is 248 g/mol. The van der Waals surface area contributed by atoms with Crippen molar-refractivity contribution in [3.63, 3.8) is 0 Å². The van der Waals surface area contributed by atoms with Gasteiger partial charge in [-0.25, -0.2) is 0 Å². The van der Waals surface area contributed by atoms with Gasteiger partial charge in [-0.3, -0.25) is 9.69 Å². The zero-order chi connectivity index (χ0) is 13.1. The summed E-state index contributed by atoms with van der Waals surface area (Å²) in [6.07, 6.45) is 3.08. The Balaban J connectivity index is 1.71. The van der Waals surface area contributed by atoms with E-state index in [1.165, 1.54) is 12.2 Å². The summed E-state index contributed by atoms with van der Waals surface area (Å²) in [6, 6.07) is 0.542. The van der Waals surface area contributed by atoms with Crippen LogP contribution >= 0.6 is 11.8 Å². The zero-order valence-corrected chi connectivity index (χ0v) is 12.2. The molecule has 0 spiro atoms. The van der Waals surface area contributed by atoms with Crippen molar-refractivity contribution < 1.29 is 9.90 Å². The largest absolute Gasteiger partial charge is 0.391 e. The van der Waals surface area contributed by atoms with Crippen LogP contribution < -0.4 is 0 Å². The molecule has 2 fully saturated rings. The van der Waals surface area contributed by atoms with Gasteiger partial charge in [0, 0.05) is 25.4 Å². The monoisotopic (exact) mass is 272 g/mol. The minimum atomic E-state index is -0.328. The summed E-state index contributed by atoms with van der Waals surface area (Å²) >= 11 is 1.96. The number of hydrogen-bond acceptors (Lipinski definition) is 4. The highest BCUT2D eigenvalue weighted by molar-refractivity contribution is 7.99. The van der Waals surface area contributed by atoms with Crippen LogP contribution in [0.15, 0.2) is 0 Å². The molecule has 0 aromatic carbocycles. The number of nitrogens with zero attached hydrogens (tertiary/aromatic N) is 2. The number of carbonyl (C=O) groups is 1. The summed E-state index contributed by atoms with van der Waals surface area (Å²) in [7, 11) is 3.82. The van der Waals surface area contributed by atoms with Gasteiger partial charge in [0.05, 0.1) is 12.6 Å². The average Bonchev–Trinajstić information content (AvgIpc) is 3.04. The SMILES string of the molecule is CN(CC(O)C1CC1)C(=O)CN(C)C1CCSC1. The fourth-order valence-corrected chi connectivity index (χ4v) is 3.64. The van der Waals surface area contributed by atoms with Crippen LogP contribution in [0.2, 0.25) is 0 Å². The maximum atomic E-state index is 12.1. The number of aliphatic hydroxyl groups is 1. The first kappa shape index (κ1) is 14.2. The van der Waals surface area contributed by atoms with E-state index in [1.54, 1.807) is 11.9 Å². The number of amides is 1. The number of hydrogen-bond donors (Lipinski definition) is 1. The van der Waals surface area contributed by atoms with Gasteiger partial charge in [-0.15, -0.1) is 0 Å². The van der Waals surface area contributed by atoms with Crippen LogP contribution in [0.3, 0.4) is 0 Å². The number of carbonyl (C=O) groups excluding carboxylic acids is 1. The quantitative estimate of drug-likeness (QED) is 0.771. The average molecular weight is 272 g/mol. The van der Waals surface area contributed by atoms with Crippen molar-refractivity contribution in [3.8, 4) is 0 Å². The number of thioether (sulfide) groups is 1. The summed E-state index contributed by atoms with van der Waals surface area (Å²) in [4.78, 5) is 15.9. The van der Waals surface area contributed by atoms with Crippen LogP contribution in [0, 0.1) is 5.92 Å². The third-order valence-electron chi connectivity index (χ3n) is 3.97. The van der Waals surface area contributed by atoms with Crippen molar-refractivity contribution in [2.45, 2.75) is 31.4 Å². The van der Waals surface area contributed by atoms with Gasteiger partial charge >= 0.3 is 0 Å². The molecule has 0 bridgehead atoms. The number of rotatable bonds is 6. The van der Waals surface area contributed by atoms with E-state index in [0.717, 1.165) is 18.6 Å². The molecule has 2 aliphatic rings. The van der Waals surface area contributed by atoms with E-state index in [0.29, 0.717) is 25.0 Å². The van der Waals surface area contributed by atoms with E-state index in [9.17, 15) is 9.90 Å². The smallest absolute Gasteiger partial charge is 0.236 e. The van der Waals surface area contributed by atoms with E-state index in [4.69, 9.17) is 0 Å². The molecule has 2 rings (SSSR count). The van der Waals surface area contributed by atoms with Crippen molar-refractivity contribution in [2.24, 2.45) is 5.92 Å². The minimum absolute atomic E-state index is 0.120. The fraction of sp³-hybridized carbons (Fsp3) is 0.923.